The lowest BCUT2D eigenvalue weighted by atomic mass is 10.2. The van der Waals surface area contributed by atoms with Crippen molar-refractivity contribution in [3.8, 4) is 16.5 Å². The van der Waals surface area contributed by atoms with Crippen molar-refractivity contribution < 1.29 is 17.9 Å². The normalized spacial score (nSPS) is 12.3. The summed E-state index contributed by atoms with van der Waals surface area (Å²) in [6.07, 6.45) is 0. The third-order valence-corrected chi connectivity index (χ3v) is 4.27. The van der Waals surface area contributed by atoms with Gasteiger partial charge in [-0.3, -0.25) is 0 Å². The Labute approximate surface area is 136 Å². The average molecular weight is 357 g/mol. The zero-order chi connectivity index (χ0) is 16.2. The number of rotatable bonds is 3. The molecule has 0 atom stereocenters. The highest BCUT2D eigenvalue weighted by atomic mass is 35.5. The number of hydrogen-bond donors (Lipinski definition) is 0. The van der Waals surface area contributed by atoms with Gasteiger partial charge in [0.15, 0.2) is 22.1 Å². The van der Waals surface area contributed by atoms with Crippen LogP contribution in [0.15, 0.2) is 28.7 Å². The van der Waals surface area contributed by atoms with Gasteiger partial charge in [0.05, 0.1) is 7.11 Å². The smallest absolute Gasteiger partial charge is 0.383 e. The molecule has 4 rings (SSSR count). The Morgan fingerprint density at radius 1 is 1.35 bits per heavy atom. The number of para-hydroxylation sites is 1. The average Bonchev–Trinajstić information content (AvgIpc) is 3.17. The van der Waals surface area contributed by atoms with Crippen LogP contribution in [0, 0.1) is 0 Å². The lowest BCUT2D eigenvalue weighted by Gasteiger charge is -2.01. The molecule has 0 radical (unpaired) electrons. The minimum absolute atomic E-state index is 0.197. The Morgan fingerprint density at radius 3 is 2.91 bits per heavy atom. The Balaban J connectivity index is 1.88. The summed E-state index contributed by atoms with van der Waals surface area (Å²) in [5.41, 5.74) is 0.555. The number of furan rings is 1. The number of hydrogen-bond acceptors (Lipinski definition) is 6. The molecule has 0 spiro atoms. The van der Waals surface area contributed by atoms with Gasteiger partial charge < -0.3 is 9.15 Å². The topological polar surface area (TPSA) is 65.5 Å². The molecule has 0 fully saturated rings. The first kappa shape index (κ1) is 14.3. The molecular formula is C13H7ClF2N4O2S. The largest absolute Gasteiger partial charge is 0.493 e. The fraction of sp³-hybridized carbons (Fsp3) is 0.154. The van der Waals surface area contributed by atoms with Gasteiger partial charge in [-0.05, 0) is 23.7 Å². The standard InChI is InChI=1S/C13H7ClF2N4O2S/c1-21-7-4-2-3-6-5-8(22-9(6)7)10-19-20-11(13(14,15)16)17-18-12(20)23-10/h2-5H,1H3. The summed E-state index contributed by atoms with van der Waals surface area (Å²) in [5.74, 6) is 0.263. The predicted molar refractivity (Wildman–Crippen MR) is 80.2 cm³/mol. The quantitative estimate of drug-likeness (QED) is 0.521. The van der Waals surface area contributed by atoms with Gasteiger partial charge in [0.1, 0.15) is 0 Å². The van der Waals surface area contributed by atoms with Crippen molar-refractivity contribution >= 4 is 38.9 Å². The van der Waals surface area contributed by atoms with Crippen LogP contribution in [0.4, 0.5) is 8.78 Å². The number of fused-ring (bicyclic) bond motifs is 2. The third kappa shape index (κ3) is 2.23. The van der Waals surface area contributed by atoms with E-state index in [1.807, 2.05) is 12.1 Å². The van der Waals surface area contributed by atoms with Crippen LogP contribution in [0.5, 0.6) is 5.75 Å². The van der Waals surface area contributed by atoms with Crippen molar-refractivity contribution in [3.63, 3.8) is 0 Å². The first-order valence-electron chi connectivity index (χ1n) is 6.34. The van der Waals surface area contributed by atoms with E-state index in [-0.39, 0.29) is 4.96 Å². The van der Waals surface area contributed by atoms with Crippen molar-refractivity contribution in [1.82, 2.24) is 19.8 Å². The van der Waals surface area contributed by atoms with Crippen LogP contribution in [0.3, 0.4) is 0 Å². The van der Waals surface area contributed by atoms with Crippen molar-refractivity contribution in [1.29, 1.82) is 0 Å². The van der Waals surface area contributed by atoms with Gasteiger partial charge in [-0.25, -0.2) is 0 Å². The van der Waals surface area contributed by atoms with E-state index in [0.29, 0.717) is 22.1 Å². The van der Waals surface area contributed by atoms with Crippen molar-refractivity contribution in [3.05, 3.63) is 30.1 Å². The molecule has 23 heavy (non-hydrogen) atoms. The zero-order valence-electron chi connectivity index (χ0n) is 11.5. The highest BCUT2D eigenvalue weighted by Gasteiger charge is 2.36. The van der Waals surface area contributed by atoms with Crippen LogP contribution in [0.2, 0.25) is 0 Å². The SMILES string of the molecule is COc1cccc2cc(-c3nn4c(C(F)(F)Cl)nnc4s3)oc12. The Hall–Kier alpha value is -2.26. The molecule has 3 aromatic heterocycles. The summed E-state index contributed by atoms with van der Waals surface area (Å²) in [4.78, 5) is 0.197. The molecule has 0 N–H and O–H groups in total. The third-order valence-electron chi connectivity index (χ3n) is 3.18. The molecule has 0 aliphatic carbocycles. The van der Waals surface area contributed by atoms with Gasteiger partial charge in [0.2, 0.25) is 10.8 Å². The van der Waals surface area contributed by atoms with Gasteiger partial charge in [0.25, 0.3) is 0 Å². The molecule has 0 amide bonds. The maximum absolute atomic E-state index is 13.3. The molecule has 0 aliphatic heterocycles. The van der Waals surface area contributed by atoms with E-state index in [4.69, 9.17) is 20.8 Å². The van der Waals surface area contributed by atoms with E-state index >= 15 is 0 Å². The first-order chi connectivity index (χ1) is 11.0. The number of ether oxygens (including phenoxy) is 1. The van der Waals surface area contributed by atoms with Crippen LogP contribution in [0.25, 0.3) is 26.7 Å². The summed E-state index contributed by atoms with van der Waals surface area (Å²) in [6.45, 7) is 0. The number of methoxy groups -OCH3 is 1. The number of halogens is 3. The highest BCUT2D eigenvalue weighted by Crippen LogP contribution is 2.37. The molecule has 118 valence electrons. The van der Waals surface area contributed by atoms with Crippen LogP contribution in [-0.4, -0.2) is 26.9 Å². The predicted octanol–water partition coefficient (Wildman–Crippen LogP) is 3.90. The Kier molecular flexibility index (Phi) is 3.03. The second-order valence-corrected chi connectivity index (χ2v) is 6.04. The lowest BCUT2D eigenvalue weighted by molar-refractivity contribution is 0.0821. The molecule has 6 nitrogen and oxygen atoms in total. The molecule has 0 unspecified atom stereocenters. The van der Waals surface area contributed by atoms with Gasteiger partial charge in [-0.2, -0.15) is 13.3 Å². The highest BCUT2D eigenvalue weighted by molar-refractivity contribution is 7.19. The summed E-state index contributed by atoms with van der Waals surface area (Å²) in [7, 11) is 1.54. The number of aromatic nitrogens is 4. The molecule has 0 saturated heterocycles. The van der Waals surface area contributed by atoms with Gasteiger partial charge in [-0.1, -0.05) is 23.5 Å². The van der Waals surface area contributed by atoms with Crippen molar-refractivity contribution in [2.75, 3.05) is 7.11 Å². The van der Waals surface area contributed by atoms with E-state index in [1.165, 1.54) is 7.11 Å². The second-order valence-electron chi connectivity index (χ2n) is 4.61. The van der Waals surface area contributed by atoms with Gasteiger partial charge in [-0.15, -0.1) is 15.3 Å². The van der Waals surface area contributed by atoms with Gasteiger partial charge >= 0.3 is 5.38 Å². The number of nitrogens with zero attached hydrogens (tertiary/aromatic N) is 4. The van der Waals surface area contributed by atoms with Gasteiger partial charge in [0, 0.05) is 5.39 Å². The van der Waals surface area contributed by atoms with Crippen molar-refractivity contribution in [2.45, 2.75) is 5.38 Å². The summed E-state index contributed by atoms with van der Waals surface area (Å²) in [5, 5.41) is 8.64. The van der Waals surface area contributed by atoms with E-state index in [0.717, 1.165) is 21.2 Å². The monoisotopic (exact) mass is 356 g/mol. The molecule has 3 heterocycles. The van der Waals surface area contributed by atoms with E-state index in [9.17, 15) is 8.78 Å². The lowest BCUT2D eigenvalue weighted by Crippen LogP contribution is -2.10. The number of alkyl halides is 3. The fourth-order valence-electron chi connectivity index (χ4n) is 2.20. The maximum Gasteiger partial charge on any atom is 0.383 e. The molecule has 0 saturated carbocycles. The Morgan fingerprint density at radius 2 is 2.17 bits per heavy atom. The van der Waals surface area contributed by atoms with Crippen LogP contribution in [-0.2, 0) is 5.38 Å². The maximum atomic E-state index is 13.3. The zero-order valence-corrected chi connectivity index (χ0v) is 13.0. The van der Waals surface area contributed by atoms with Crippen LogP contribution < -0.4 is 4.74 Å². The molecule has 1 aromatic carbocycles. The number of benzene rings is 1. The molecular weight excluding hydrogens is 350 g/mol. The second kappa shape index (κ2) is 4.87. The van der Waals surface area contributed by atoms with Crippen LogP contribution in [0.1, 0.15) is 5.82 Å². The molecule has 10 heteroatoms. The molecule has 4 aromatic rings. The minimum atomic E-state index is -3.65. The summed E-state index contributed by atoms with van der Waals surface area (Å²) in [6, 6.07) is 7.19. The molecule has 0 aliphatic rings. The van der Waals surface area contributed by atoms with E-state index < -0.39 is 11.2 Å². The summed E-state index contributed by atoms with van der Waals surface area (Å²) < 4.78 is 38.4. The van der Waals surface area contributed by atoms with E-state index in [1.54, 1.807) is 12.1 Å². The van der Waals surface area contributed by atoms with Crippen LogP contribution >= 0.6 is 22.9 Å². The molecule has 0 bridgehead atoms. The first-order valence-corrected chi connectivity index (χ1v) is 7.53. The fourth-order valence-corrected chi connectivity index (χ4v) is 3.11. The van der Waals surface area contributed by atoms with E-state index in [2.05, 4.69) is 15.3 Å². The summed E-state index contributed by atoms with van der Waals surface area (Å²) >= 11 is 6.07. The Bertz CT molecular complexity index is 1020. The minimum Gasteiger partial charge on any atom is -0.493 e. The van der Waals surface area contributed by atoms with Crippen molar-refractivity contribution in [2.24, 2.45) is 0 Å².